The van der Waals surface area contributed by atoms with Gasteiger partial charge in [0.2, 0.25) is 35.4 Å². The molecule has 0 fully saturated rings. The Balaban J connectivity index is 1.21. The van der Waals surface area contributed by atoms with Crippen LogP contribution in [0.15, 0.2) is 84.2 Å². The summed E-state index contributed by atoms with van der Waals surface area (Å²) in [5.41, 5.74) is 7.81. The standard InChI is InChI=1S/C84H132N10O23S/c1-13-61(4)77(92-83(103)84(7,8)93(9)10)81(101)94(11)71(60(2)3)53-73(117-63(6)95)80-91-70(58-118-80)79(100)89-67(50-62(5)82(102)116-56-65-24-18-15-19-25-65)51-66-27-28-72(115-55-64-22-16-14-17-23-64)69(52-66)90-74(96)29-31-114-59-88-75(97)54-87-78(99)68(85)26-20-21-30-86-76(98)57-113-49-48-112-47-46-111-45-44-110-43-42-109-41-40-108-39-38-107-37-36-106-35-34-105-33-32-104-12/h14-19,22-25,27-28,52,58,60-62,67-68,71,73,77H,13,20-21,26,29-51,53-57,59,85H2,1-12H3,(H,86,98)(H,87,99)(H,88,97)(H,89,100)(H,90,96)(H,92,103)/t61-,62-,67+,68-,71+,73+,77-/m0/s1. The van der Waals surface area contributed by atoms with E-state index in [-0.39, 0.29) is 114 Å². The van der Waals surface area contributed by atoms with Gasteiger partial charge in [-0.15, -0.1) is 11.3 Å². The zero-order valence-electron chi connectivity index (χ0n) is 71.3. The largest absolute Gasteiger partial charge is 0.487 e. The van der Waals surface area contributed by atoms with Crippen molar-refractivity contribution in [2.75, 3.05) is 186 Å². The first kappa shape index (κ1) is 102. The third kappa shape index (κ3) is 43.2. The Bertz CT molecular complexity index is 3510. The van der Waals surface area contributed by atoms with Crippen LogP contribution in [0, 0.1) is 17.8 Å². The molecular weight excluding hydrogens is 1550 g/mol. The number of thiazole rings is 1. The van der Waals surface area contributed by atoms with Crippen LogP contribution in [-0.2, 0) is 120 Å². The quantitative estimate of drug-likeness (QED) is 0.0148. The summed E-state index contributed by atoms with van der Waals surface area (Å²) in [6, 6.07) is 20.9. The van der Waals surface area contributed by atoms with Gasteiger partial charge in [0.1, 0.15) is 49.0 Å². The third-order valence-corrected chi connectivity index (χ3v) is 19.9. The van der Waals surface area contributed by atoms with Gasteiger partial charge in [0, 0.05) is 51.5 Å². The van der Waals surface area contributed by atoms with Gasteiger partial charge in [0.25, 0.3) is 5.91 Å². The molecule has 34 heteroatoms. The lowest BCUT2D eigenvalue weighted by molar-refractivity contribution is -0.150. The van der Waals surface area contributed by atoms with Gasteiger partial charge in [-0.2, -0.15) is 0 Å². The maximum absolute atomic E-state index is 14.5. The van der Waals surface area contributed by atoms with Crippen molar-refractivity contribution in [2.45, 2.75) is 156 Å². The van der Waals surface area contributed by atoms with Crippen molar-refractivity contribution >= 4 is 70.3 Å². The number of aromatic nitrogens is 1. The lowest BCUT2D eigenvalue weighted by Gasteiger charge is -2.38. The summed E-state index contributed by atoms with van der Waals surface area (Å²) in [4.78, 5) is 129. The number of nitrogens with two attached hydrogens (primary N) is 1. The van der Waals surface area contributed by atoms with E-state index < -0.39 is 77.3 Å². The molecule has 8 N–H and O–H groups in total. The molecule has 0 aliphatic rings. The van der Waals surface area contributed by atoms with Crippen LogP contribution in [0.4, 0.5) is 5.69 Å². The summed E-state index contributed by atoms with van der Waals surface area (Å²) in [7, 11) is 6.89. The fourth-order valence-corrected chi connectivity index (χ4v) is 12.2. The number of esters is 2. The van der Waals surface area contributed by atoms with Crippen LogP contribution in [0.3, 0.4) is 0 Å². The smallest absolute Gasteiger partial charge is 0.309 e. The first-order valence-corrected chi connectivity index (χ1v) is 41.4. The maximum Gasteiger partial charge on any atom is 0.309 e. The first-order chi connectivity index (χ1) is 56.7. The molecule has 118 heavy (non-hydrogen) atoms. The van der Waals surface area contributed by atoms with Crippen LogP contribution >= 0.6 is 11.3 Å². The molecule has 0 saturated heterocycles. The molecule has 662 valence electrons. The van der Waals surface area contributed by atoms with Gasteiger partial charge in [0.15, 0.2) is 6.10 Å². The van der Waals surface area contributed by atoms with Crippen molar-refractivity contribution in [1.82, 2.24) is 41.4 Å². The van der Waals surface area contributed by atoms with Gasteiger partial charge in [0.05, 0.1) is 162 Å². The summed E-state index contributed by atoms with van der Waals surface area (Å²) in [5.74, 6) is -4.91. The van der Waals surface area contributed by atoms with Gasteiger partial charge < -0.3 is 109 Å². The lowest BCUT2D eigenvalue weighted by atomic mass is 9.92. The highest BCUT2D eigenvalue weighted by atomic mass is 32.1. The number of nitrogens with zero attached hydrogens (tertiary/aromatic N) is 3. The van der Waals surface area contributed by atoms with Crippen LogP contribution in [0.1, 0.15) is 139 Å². The summed E-state index contributed by atoms with van der Waals surface area (Å²) in [6.07, 6.45) is 1.23. The minimum atomic E-state index is -0.980. The van der Waals surface area contributed by atoms with E-state index in [0.717, 1.165) is 22.5 Å². The molecule has 0 unspecified atom stereocenters. The number of unbranched alkanes of at least 4 members (excludes halogenated alkanes) is 1. The van der Waals surface area contributed by atoms with E-state index in [1.807, 2.05) is 88.4 Å². The van der Waals surface area contributed by atoms with Crippen molar-refractivity contribution < 1.29 is 109 Å². The number of anilines is 1. The number of carbonyl (C=O) groups is 9. The van der Waals surface area contributed by atoms with Gasteiger partial charge >= 0.3 is 11.9 Å². The molecule has 33 nitrogen and oxygen atoms in total. The van der Waals surface area contributed by atoms with Gasteiger partial charge in [-0.05, 0) is 101 Å². The summed E-state index contributed by atoms with van der Waals surface area (Å²) >= 11 is 1.11. The predicted octanol–water partition coefficient (Wildman–Crippen LogP) is 6.13. The highest BCUT2D eigenvalue weighted by Gasteiger charge is 2.39. The zero-order chi connectivity index (χ0) is 86.3. The van der Waals surface area contributed by atoms with Crippen molar-refractivity contribution in [3.63, 3.8) is 0 Å². The molecule has 1 heterocycles. The molecule has 0 saturated carbocycles. The zero-order valence-corrected chi connectivity index (χ0v) is 72.1. The molecule has 0 aliphatic heterocycles. The Morgan fingerprint density at radius 2 is 1.15 bits per heavy atom. The highest BCUT2D eigenvalue weighted by Crippen LogP contribution is 2.33. The second-order valence-electron chi connectivity index (χ2n) is 29.2. The number of rotatable bonds is 67. The molecule has 1 aromatic heterocycles. The van der Waals surface area contributed by atoms with E-state index in [2.05, 4.69) is 31.9 Å². The van der Waals surface area contributed by atoms with Gasteiger partial charge in [-0.25, -0.2) is 4.98 Å². The number of likely N-dealkylation sites (N-methyl/N-ethyl adjacent to an activating group) is 2. The van der Waals surface area contributed by atoms with E-state index in [9.17, 15) is 43.2 Å². The molecular formula is C84H132N10O23S. The molecule has 4 aromatic rings. The molecule has 0 spiro atoms. The molecule has 0 aliphatic carbocycles. The fraction of sp³-hybridized carbons (Fsp3) is 0.643. The molecule has 4 rings (SSSR count). The minimum absolute atomic E-state index is 0.0133. The Labute approximate surface area is 700 Å². The predicted molar refractivity (Wildman–Crippen MR) is 443 cm³/mol. The Kier molecular flexibility index (Phi) is 52.2. The number of hydrogen-bond donors (Lipinski definition) is 7. The molecule has 0 bridgehead atoms. The Morgan fingerprint density at radius 3 is 1.69 bits per heavy atom. The second kappa shape index (κ2) is 60.3. The van der Waals surface area contributed by atoms with Crippen LogP contribution in [-0.4, -0.2) is 278 Å². The van der Waals surface area contributed by atoms with Crippen LogP contribution < -0.4 is 42.4 Å². The second-order valence-corrected chi connectivity index (χ2v) is 30.1. The Morgan fingerprint density at radius 1 is 0.602 bits per heavy atom. The van der Waals surface area contributed by atoms with Crippen LogP contribution in [0.25, 0.3) is 0 Å². The van der Waals surface area contributed by atoms with E-state index in [0.29, 0.717) is 160 Å². The Hall–Kier alpha value is -8.20. The number of amides is 7. The fourth-order valence-electron chi connectivity index (χ4n) is 11.3. The summed E-state index contributed by atoms with van der Waals surface area (Å²) < 4.78 is 77.6. The maximum atomic E-state index is 14.5. The molecule has 3 aromatic carbocycles. The summed E-state index contributed by atoms with van der Waals surface area (Å²) in [6.45, 7) is 21.8. The average Bonchev–Trinajstić information content (AvgIpc) is 1.16. The number of ether oxygens (including phenoxy) is 14. The monoisotopic (exact) mass is 1680 g/mol. The molecule has 7 amide bonds. The lowest BCUT2D eigenvalue weighted by Crippen LogP contribution is -2.60. The summed E-state index contributed by atoms with van der Waals surface area (Å²) in [5, 5.41) is 18.7. The van der Waals surface area contributed by atoms with E-state index in [4.69, 9.17) is 77.0 Å². The van der Waals surface area contributed by atoms with Gasteiger partial charge in [-0.1, -0.05) is 108 Å². The molecule has 7 atom stereocenters. The van der Waals surface area contributed by atoms with E-state index in [1.54, 1.807) is 82.4 Å². The SMILES string of the molecule is CC[C@H](C)[C@H](NC(=O)C(C)(C)N(C)C)C(=O)N(C)[C@H](C[C@@H](OC(C)=O)c1nc(C(=O)N[C@@H](Cc2ccc(OCc3ccccc3)c(NC(=O)CCOCNC(=O)CNC(=O)[C@@H](N)CCCCNC(=O)COCCOCCOCCOCCOCCOCCOCCOCCOCCOC)c2)C[C@H](C)C(=O)OCc2ccccc2)cs1)C(C)C. The van der Waals surface area contributed by atoms with E-state index in [1.165, 1.54) is 6.92 Å². The number of nitrogens with one attached hydrogen (secondary N) is 6. The van der Waals surface area contributed by atoms with E-state index >= 15 is 0 Å². The topological polar surface area (TPSA) is 400 Å². The van der Waals surface area contributed by atoms with Crippen molar-refractivity contribution in [2.24, 2.45) is 23.5 Å². The molecule has 0 radical (unpaired) electrons. The third-order valence-electron chi connectivity index (χ3n) is 19.0. The van der Waals surface area contributed by atoms with Crippen LogP contribution in [0.2, 0.25) is 0 Å². The number of hydrogen-bond acceptors (Lipinski definition) is 27. The number of carbonyl (C=O) groups excluding carboxylic acids is 9. The number of benzene rings is 3. The first-order valence-electron chi connectivity index (χ1n) is 40.6. The van der Waals surface area contributed by atoms with Crippen molar-refractivity contribution in [3.8, 4) is 5.75 Å². The van der Waals surface area contributed by atoms with Crippen molar-refractivity contribution in [1.29, 1.82) is 0 Å². The average molecular weight is 1680 g/mol. The van der Waals surface area contributed by atoms with Gasteiger partial charge in [-0.3, -0.25) is 48.1 Å². The number of methoxy groups -OCH3 is 1. The minimum Gasteiger partial charge on any atom is -0.487 e. The normalized spacial score (nSPS) is 13.3. The van der Waals surface area contributed by atoms with Crippen LogP contribution in [0.5, 0.6) is 5.75 Å². The van der Waals surface area contributed by atoms with Crippen molar-refractivity contribution in [3.05, 3.63) is 112 Å². The highest BCUT2D eigenvalue weighted by molar-refractivity contribution is 7.09.